The fraction of sp³-hybridized carbons (Fsp3) is 0.364. The van der Waals surface area contributed by atoms with E-state index in [0.717, 1.165) is 22.4 Å². The fourth-order valence-corrected chi connectivity index (χ4v) is 6.48. The van der Waals surface area contributed by atoms with E-state index >= 15 is 0 Å². The Balaban J connectivity index is 1.53. The van der Waals surface area contributed by atoms with Gasteiger partial charge in [-0.1, -0.05) is 29.0 Å². The molecule has 0 saturated carbocycles. The van der Waals surface area contributed by atoms with Crippen LogP contribution in [0.15, 0.2) is 52.2 Å². The van der Waals surface area contributed by atoms with Gasteiger partial charge in [0.25, 0.3) is 5.91 Å². The highest BCUT2D eigenvalue weighted by Gasteiger charge is 2.31. The van der Waals surface area contributed by atoms with Gasteiger partial charge in [0.15, 0.2) is 0 Å². The number of benzene rings is 2. The van der Waals surface area contributed by atoms with Gasteiger partial charge in [0.1, 0.15) is 0 Å². The number of fused-ring (bicyclic) bond motifs is 1. The van der Waals surface area contributed by atoms with Crippen LogP contribution in [0.25, 0.3) is 10.2 Å². The molecule has 0 spiro atoms. The van der Waals surface area contributed by atoms with Gasteiger partial charge in [-0.05, 0) is 51.1 Å². The molecule has 1 aliphatic rings. The molecule has 0 aliphatic carbocycles. The molecule has 4 rings (SSSR count). The van der Waals surface area contributed by atoms with E-state index in [4.69, 9.17) is 0 Å². The molecule has 31 heavy (non-hydrogen) atoms. The Kier molecular flexibility index (Phi) is 5.76. The number of aryl methyl sites for hydroxylation is 1. The Morgan fingerprint density at radius 1 is 1.03 bits per heavy atom. The quantitative estimate of drug-likeness (QED) is 0.601. The van der Waals surface area contributed by atoms with Crippen LogP contribution in [0, 0.1) is 6.92 Å². The van der Waals surface area contributed by atoms with Crippen molar-refractivity contribution in [2.24, 2.45) is 0 Å². The van der Waals surface area contributed by atoms with Crippen LogP contribution in [0.3, 0.4) is 0 Å². The topological polar surface area (TPSA) is 79.7 Å². The lowest BCUT2D eigenvalue weighted by atomic mass is 10.1. The van der Waals surface area contributed by atoms with Crippen molar-refractivity contribution in [3.05, 3.63) is 63.3 Å². The van der Waals surface area contributed by atoms with E-state index in [1.54, 1.807) is 33.7 Å². The Morgan fingerprint density at radius 2 is 1.74 bits per heavy atom. The molecule has 1 saturated heterocycles. The summed E-state index contributed by atoms with van der Waals surface area (Å²) in [5, 5.41) is 0. The van der Waals surface area contributed by atoms with E-state index in [9.17, 15) is 18.0 Å². The number of piperazine rings is 1. The predicted octanol–water partition coefficient (Wildman–Crippen LogP) is 3.10. The lowest BCUT2D eigenvalue weighted by molar-refractivity contribution is 0.0698. The highest BCUT2D eigenvalue weighted by molar-refractivity contribution is 7.89. The number of amides is 1. The summed E-state index contributed by atoms with van der Waals surface area (Å²) in [6, 6.07) is 12.3. The van der Waals surface area contributed by atoms with Crippen LogP contribution in [-0.4, -0.2) is 54.3 Å². The maximum Gasteiger partial charge on any atom is 0.308 e. The third-order valence-electron chi connectivity index (χ3n) is 5.53. The van der Waals surface area contributed by atoms with Gasteiger partial charge in [-0.2, -0.15) is 4.31 Å². The third kappa shape index (κ3) is 4.05. The number of nitrogens with zero attached hydrogens (tertiary/aromatic N) is 3. The predicted molar refractivity (Wildman–Crippen MR) is 122 cm³/mol. The number of hydrogen-bond acceptors (Lipinski definition) is 5. The Morgan fingerprint density at radius 3 is 2.39 bits per heavy atom. The highest BCUT2D eigenvalue weighted by atomic mass is 32.2. The second-order valence-corrected chi connectivity index (χ2v) is 11.0. The molecule has 1 aromatic heterocycles. The Hall–Kier alpha value is -2.49. The smallest absolute Gasteiger partial charge is 0.308 e. The van der Waals surface area contributed by atoms with Crippen molar-refractivity contribution in [1.82, 2.24) is 13.8 Å². The first-order valence-corrected chi connectivity index (χ1v) is 12.5. The van der Waals surface area contributed by atoms with Gasteiger partial charge < -0.3 is 4.90 Å². The van der Waals surface area contributed by atoms with Crippen molar-refractivity contribution >= 4 is 37.5 Å². The summed E-state index contributed by atoms with van der Waals surface area (Å²) in [5.74, 6) is -0.0815. The van der Waals surface area contributed by atoms with E-state index < -0.39 is 10.0 Å². The van der Waals surface area contributed by atoms with Crippen LogP contribution < -0.4 is 4.87 Å². The van der Waals surface area contributed by atoms with Crippen molar-refractivity contribution in [2.75, 3.05) is 26.2 Å². The number of aromatic nitrogens is 1. The molecule has 0 atom stereocenters. The molecule has 0 radical (unpaired) electrons. The molecular weight excluding hydrogens is 434 g/mol. The second kappa shape index (κ2) is 8.22. The first-order chi connectivity index (χ1) is 14.7. The molecule has 9 heteroatoms. The standard InChI is InChI=1S/C22H25N3O4S2/c1-15(2)25-19-8-7-18(14-20(19)30-22(25)27)31(28,29)24-11-9-23(10-12-24)21(26)17-6-4-5-16(3)13-17/h4-8,13-15H,9-12H2,1-3H3. The summed E-state index contributed by atoms with van der Waals surface area (Å²) in [6.45, 7) is 6.94. The SMILES string of the molecule is Cc1cccc(C(=O)N2CCN(S(=O)(=O)c3ccc4c(c3)sc(=O)n4C(C)C)CC2)c1. The molecule has 1 amide bonds. The molecule has 164 valence electrons. The highest BCUT2D eigenvalue weighted by Crippen LogP contribution is 2.26. The van der Waals surface area contributed by atoms with Gasteiger partial charge in [-0.3, -0.25) is 14.2 Å². The van der Waals surface area contributed by atoms with Crippen LogP contribution in [0.4, 0.5) is 0 Å². The van der Waals surface area contributed by atoms with Gasteiger partial charge in [0.2, 0.25) is 10.0 Å². The molecule has 0 bridgehead atoms. The Labute approximate surface area is 185 Å². The maximum absolute atomic E-state index is 13.2. The molecule has 2 aromatic carbocycles. The average molecular weight is 460 g/mol. The molecule has 3 aromatic rings. The normalized spacial score (nSPS) is 15.7. The Bertz CT molecular complexity index is 1300. The van der Waals surface area contributed by atoms with E-state index in [0.29, 0.717) is 23.4 Å². The monoisotopic (exact) mass is 459 g/mol. The summed E-state index contributed by atoms with van der Waals surface area (Å²) >= 11 is 1.06. The average Bonchev–Trinajstić information content (AvgIpc) is 3.08. The van der Waals surface area contributed by atoms with E-state index in [2.05, 4.69) is 0 Å². The lowest BCUT2D eigenvalue weighted by Gasteiger charge is -2.34. The van der Waals surface area contributed by atoms with Crippen LogP contribution >= 0.6 is 11.3 Å². The summed E-state index contributed by atoms with van der Waals surface area (Å²) in [6.07, 6.45) is 0. The molecular formula is C22H25N3O4S2. The minimum absolute atomic E-state index is 0.00252. The number of sulfonamides is 1. The number of carbonyl (C=O) groups excluding carboxylic acids is 1. The summed E-state index contributed by atoms with van der Waals surface area (Å²) in [5.41, 5.74) is 2.37. The number of carbonyl (C=O) groups is 1. The number of rotatable bonds is 4. The molecule has 0 N–H and O–H groups in total. The van der Waals surface area contributed by atoms with Crippen LogP contribution in [0.5, 0.6) is 0 Å². The van der Waals surface area contributed by atoms with Crippen molar-refractivity contribution in [3.63, 3.8) is 0 Å². The summed E-state index contributed by atoms with van der Waals surface area (Å²) in [4.78, 5) is 26.8. The van der Waals surface area contributed by atoms with E-state index in [1.165, 1.54) is 4.31 Å². The fourth-order valence-electron chi connectivity index (χ4n) is 3.91. The third-order valence-corrected chi connectivity index (χ3v) is 8.34. The van der Waals surface area contributed by atoms with Gasteiger partial charge in [-0.25, -0.2) is 8.42 Å². The van der Waals surface area contributed by atoms with Crippen LogP contribution in [-0.2, 0) is 10.0 Å². The molecule has 0 unspecified atom stereocenters. The van der Waals surface area contributed by atoms with Crippen molar-refractivity contribution in [2.45, 2.75) is 31.7 Å². The first kappa shape index (κ1) is 21.7. The zero-order valence-electron chi connectivity index (χ0n) is 17.7. The number of thiazole rings is 1. The minimum Gasteiger partial charge on any atom is -0.336 e. The zero-order chi connectivity index (χ0) is 22.3. The second-order valence-electron chi connectivity index (χ2n) is 8.03. The van der Waals surface area contributed by atoms with Gasteiger partial charge in [0.05, 0.1) is 15.1 Å². The minimum atomic E-state index is -3.71. The summed E-state index contributed by atoms with van der Waals surface area (Å²) < 4.78 is 30.1. The van der Waals surface area contributed by atoms with Crippen molar-refractivity contribution in [3.8, 4) is 0 Å². The molecule has 2 heterocycles. The molecule has 1 aliphatic heterocycles. The van der Waals surface area contributed by atoms with E-state index in [-0.39, 0.29) is 34.8 Å². The van der Waals surface area contributed by atoms with Crippen molar-refractivity contribution < 1.29 is 13.2 Å². The van der Waals surface area contributed by atoms with Crippen LogP contribution in [0.1, 0.15) is 35.8 Å². The molecule has 1 fully saturated rings. The van der Waals surface area contributed by atoms with Crippen molar-refractivity contribution in [1.29, 1.82) is 0 Å². The zero-order valence-corrected chi connectivity index (χ0v) is 19.4. The van der Waals surface area contributed by atoms with E-state index in [1.807, 2.05) is 39.0 Å². The largest absolute Gasteiger partial charge is 0.336 e. The van der Waals surface area contributed by atoms with Gasteiger partial charge >= 0.3 is 4.87 Å². The van der Waals surface area contributed by atoms with Crippen LogP contribution in [0.2, 0.25) is 0 Å². The van der Waals surface area contributed by atoms with Gasteiger partial charge in [-0.15, -0.1) is 0 Å². The maximum atomic E-state index is 13.2. The lowest BCUT2D eigenvalue weighted by Crippen LogP contribution is -2.50. The molecule has 7 nitrogen and oxygen atoms in total. The van der Waals surface area contributed by atoms with Gasteiger partial charge in [0, 0.05) is 37.8 Å². The first-order valence-electron chi connectivity index (χ1n) is 10.2. The number of hydrogen-bond donors (Lipinski definition) is 0. The summed E-state index contributed by atoms with van der Waals surface area (Å²) in [7, 11) is -3.71.